The highest BCUT2D eigenvalue weighted by molar-refractivity contribution is 7.78. The molecule has 0 heterocycles. The number of hydrogen-bond acceptors (Lipinski definition) is 3. The third kappa shape index (κ3) is 3.29. The number of benzene rings is 1. The molecule has 1 aromatic rings. The maximum Gasteiger partial charge on any atom is 0.121 e. The van der Waals surface area contributed by atoms with Gasteiger partial charge in [-0.3, -0.25) is 0 Å². The number of isothiocyanates is 1. The highest BCUT2D eigenvalue weighted by Crippen LogP contribution is 2.20. The molecular formula is C11H13NOS. The van der Waals surface area contributed by atoms with Crippen LogP contribution < -0.4 is 4.74 Å². The average Bonchev–Trinajstić information content (AvgIpc) is 2.19. The minimum atomic E-state index is 0.224. The van der Waals surface area contributed by atoms with Gasteiger partial charge < -0.3 is 4.74 Å². The molecule has 3 heteroatoms. The molecule has 0 aliphatic carbocycles. The van der Waals surface area contributed by atoms with Gasteiger partial charge in [0.1, 0.15) is 5.75 Å². The van der Waals surface area contributed by atoms with Crippen molar-refractivity contribution >= 4 is 23.1 Å². The Kier molecular flexibility index (Phi) is 4.30. The molecule has 74 valence electrons. The van der Waals surface area contributed by atoms with Crippen molar-refractivity contribution in [2.75, 3.05) is 0 Å². The molecule has 0 saturated heterocycles. The summed E-state index contributed by atoms with van der Waals surface area (Å²) >= 11 is 4.53. The molecule has 0 bridgehead atoms. The van der Waals surface area contributed by atoms with Crippen LogP contribution >= 0.6 is 12.2 Å². The molecule has 14 heavy (non-hydrogen) atoms. The quantitative estimate of drug-likeness (QED) is 0.555. The summed E-state index contributed by atoms with van der Waals surface area (Å²) in [7, 11) is 0. The second-order valence-corrected chi connectivity index (χ2v) is 3.22. The van der Waals surface area contributed by atoms with Crippen molar-refractivity contribution in [3.8, 4) is 5.75 Å². The topological polar surface area (TPSA) is 21.6 Å². The molecule has 0 aliphatic heterocycles. The summed E-state index contributed by atoms with van der Waals surface area (Å²) in [6, 6.07) is 7.52. The predicted molar refractivity (Wildman–Crippen MR) is 61.5 cm³/mol. The fourth-order valence-electron chi connectivity index (χ4n) is 0.995. The number of aliphatic imine (C=N–C) groups is 1. The summed E-state index contributed by atoms with van der Waals surface area (Å²) in [6.07, 6.45) is 1.21. The molecule has 0 aliphatic rings. The fraction of sp³-hybridized carbons (Fsp3) is 0.364. The molecule has 0 amide bonds. The van der Waals surface area contributed by atoms with E-state index in [4.69, 9.17) is 4.74 Å². The molecule has 0 N–H and O–H groups in total. The Labute approximate surface area is 89.6 Å². The van der Waals surface area contributed by atoms with E-state index in [1.54, 1.807) is 0 Å². The molecule has 0 saturated carbocycles. The minimum Gasteiger partial charge on any atom is -0.491 e. The molecule has 1 aromatic carbocycles. The summed E-state index contributed by atoms with van der Waals surface area (Å²) in [4.78, 5) is 3.89. The summed E-state index contributed by atoms with van der Waals surface area (Å²) in [5.74, 6) is 0.825. The van der Waals surface area contributed by atoms with Gasteiger partial charge in [0, 0.05) is 6.07 Å². The Bertz CT molecular complexity index is 345. The van der Waals surface area contributed by atoms with Gasteiger partial charge in [-0.05, 0) is 37.7 Å². The lowest BCUT2D eigenvalue weighted by atomic mass is 10.3. The van der Waals surface area contributed by atoms with E-state index in [1.165, 1.54) is 0 Å². The van der Waals surface area contributed by atoms with E-state index in [1.807, 2.05) is 31.2 Å². The zero-order valence-electron chi connectivity index (χ0n) is 8.36. The molecule has 0 spiro atoms. The van der Waals surface area contributed by atoms with Crippen molar-refractivity contribution < 1.29 is 4.74 Å². The normalized spacial score (nSPS) is 11.6. The van der Waals surface area contributed by atoms with Crippen LogP contribution in [-0.4, -0.2) is 11.3 Å². The van der Waals surface area contributed by atoms with Gasteiger partial charge in [0.25, 0.3) is 0 Å². The van der Waals surface area contributed by atoms with Gasteiger partial charge in [0.05, 0.1) is 17.0 Å². The lowest BCUT2D eigenvalue weighted by Crippen LogP contribution is -2.09. The molecule has 1 atom stereocenters. The molecule has 0 aromatic heterocycles. The monoisotopic (exact) mass is 207 g/mol. The number of hydrogen-bond donors (Lipinski definition) is 0. The summed E-state index contributed by atoms with van der Waals surface area (Å²) in [5.41, 5.74) is 0.779. The van der Waals surface area contributed by atoms with E-state index in [9.17, 15) is 0 Å². The van der Waals surface area contributed by atoms with Crippen molar-refractivity contribution in [1.29, 1.82) is 0 Å². The highest BCUT2D eigenvalue weighted by Gasteiger charge is 2.00. The first kappa shape index (κ1) is 10.9. The van der Waals surface area contributed by atoms with Crippen LogP contribution in [0, 0.1) is 0 Å². The highest BCUT2D eigenvalue weighted by atomic mass is 32.1. The van der Waals surface area contributed by atoms with Crippen LogP contribution in [-0.2, 0) is 0 Å². The maximum absolute atomic E-state index is 5.63. The minimum absolute atomic E-state index is 0.224. The van der Waals surface area contributed by atoms with Crippen LogP contribution in [0.25, 0.3) is 0 Å². The molecule has 1 rings (SSSR count). The van der Waals surface area contributed by atoms with E-state index in [-0.39, 0.29) is 6.10 Å². The predicted octanol–water partition coefficient (Wildman–Crippen LogP) is 3.60. The van der Waals surface area contributed by atoms with Gasteiger partial charge in [-0.1, -0.05) is 13.0 Å². The number of thiocarbonyl (C=S) groups is 1. The molecular weight excluding hydrogens is 194 g/mol. The molecule has 0 radical (unpaired) electrons. The summed E-state index contributed by atoms with van der Waals surface area (Å²) < 4.78 is 5.63. The van der Waals surface area contributed by atoms with Gasteiger partial charge in [0.15, 0.2) is 0 Å². The Morgan fingerprint density at radius 2 is 2.36 bits per heavy atom. The first-order valence-corrected chi connectivity index (χ1v) is 5.01. The molecule has 2 nitrogen and oxygen atoms in total. The lowest BCUT2D eigenvalue weighted by Gasteiger charge is -2.12. The van der Waals surface area contributed by atoms with Crippen LogP contribution in [0.4, 0.5) is 5.69 Å². The Hall–Kier alpha value is -1.18. The van der Waals surface area contributed by atoms with Crippen molar-refractivity contribution in [2.24, 2.45) is 4.99 Å². The standard InChI is InChI=1S/C11H13NOS/c1-3-9(2)13-11-6-4-5-10(7-11)12-8-14/h4-7,9H,3H2,1-2H3. The molecule has 0 fully saturated rings. The summed E-state index contributed by atoms with van der Waals surface area (Å²) in [5, 5.41) is 2.33. The van der Waals surface area contributed by atoms with Crippen LogP contribution in [0.3, 0.4) is 0 Å². The van der Waals surface area contributed by atoms with Gasteiger partial charge in [-0.2, -0.15) is 4.99 Å². The average molecular weight is 207 g/mol. The van der Waals surface area contributed by atoms with Gasteiger partial charge >= 0.3 is 0 Å². The van der Waals surface area contributed by atoms with Gasteiger partial charge in [-0.25, -0.2) is 0 Å². The van der Waals surface area contributed by atoms with E-state index >= 15 is 0 Å². The van der Waals surface area contributed by atoms with Gasteiger partial charge in [-0.15, -0.1) is 0 Å². The van der Waals surface area contributed by atoms with Crippen molar-refractivity contribution in [3.63, 3.8) is 0 Å². The Morgan fingerprint density at radius 1 is 1.57 bits per heavy atom. The largest absolute Gasteiger partial charge is 0.491 e. The lowest BCUT2D eigenvalue weighted by molar-refractivity contribution is 0.217. The zero-order chi connectivity index (χ0) is 10.4. The van der Waals surface area contributed by atoms with E-state index in [0.29, 0.717) is 0 Å². The Balaban J connectivity index is 2.77. The SMILES string of the molecule is CCC(C)Oc1cccc(N=C=S)c1. The van der Waals surface area contributed by atoms with Crippen LogP contribution in [0.15, 0.2) is 29.3 Å². The summed E-state index contributed by atoms with van der Waals surface area (Å²) in [6.45, 7) is 4.12. The first-order chi connectivity index (χ1) is 6.76. The van der Waals surface area contributed by atoms with Crippen molar-refractivity contribution in [3.05, 3.63) is 24.3 Å². The van der Waals surface area contributed by atoms with Crippen molar-refractivity contribution in [2.45, 2.75) is 26.4 Å². The molecule has 1 unspecified atom stereocenters. The van der Waals surface area contributed by atoms with Crippen LogP contribution in [0.1, 0.15) is 20.3 Å². The zero-order valence-corrected chi connectivity index (χ0v) is 9.17. The van der Waals surface area contributed by atoms with Gasteiger partial charge in [0.2, 0.25) is 0 Å². The number of ether oxygens (including phenoxy) is 1. The first-order valence-electron chi connectivity index (χ1n) is 4.61. The Morgan fingerprint density at radius 3 is 3.00 bits per heavy atom. The van der Waals surface area contributed by atoms with E-state index in [2.05, 4.69) is 29.3 Å². The number of rotatable bonds is 4. The van der Waals surface area contributed by atoms with E-state index < -0.39 is 0 Å². The third-order valence-corrected chi connectivity index (χ3v) is 2.00. The fourth-order valence-corrected chi connectivity index (χ4v) is 1.10. The van der Waals surface area contributed by atoms with Crippen LogP contribution in [0.2, 0.25) is 0 Å². The smallest absolute Gasteiger partial charge is 0.121 e. The van der Waals surface area contributed by atoms with E-state index in [0.717, 1.165) is 17.9 Å². The second kappa shape index (κ2) is 5.53. The third-order valence-electron chi connectivity index (χ3n) is 1.90. The van der Waals surface area contributed by atoms with Crippen molar-refractivity contribution in [1.82, 2.24) is 0 Å². The second-order valence-electron chi connectivity index (χ2n) is 3.04. The maximum atomic E-state index is 5.63. The number of nitrogens with zero attached hydrogens (tertiary/aromatic N) is 1. The van der Waals surface area contributed by atoms with Crippen LogP contribution in [0.5, 0.6) is 5.75 Å².